The number of piperidine rings is 1. The zero-order valence-corrected chi connectivity index (χ0v) is 23.9. The Labute approximate surface area is 242 Å². The molecular formula is C28H34F3N3O7S. The number of carbonyl (C=O) groups excluding carboxylic acids is 2. The number of benzene rings is 2. The fraction of sp³-hybridized carbons (Fsp3) is 0.500. The molecule has 0 unspecified atom stereocenters. The molecule has 0 bridgehead atoms. The van der Waals surface area contributed by atoms with Gasteiger partial charge in [0.1, 0.15) is 11.8 Å². The number of hydrogen-bond acceptors (Lipinski definition) is 7. The Morgan fingerprint density at radius 3 is 2.45 bits per heavy atom. The van der Waals surface area contributed by atoms with Crippen LogP contribution < -0.4 is 15.4 Å². The molecule has 0 radical (unpaired) electrons. The maximum Gasteiger partial charge on any atom is 0.416 e. The molecule has 2 saturated heterocycles. The molecule has 0 aromatic heterocycles. The summed E-state index contributed by atoms with van der Waals surface area (Å²) < 4.78 is 83.4. The largest absolute Gasteiger partial charge is 0.497 e. The van der Waals surface area contributed by atoms with Gasteiger partial charge in [0.25, 0.3) is 0 Å². The molecule has 14 heteroatoms. The van der Waals surface area contributed by atoms with Crippen LogP contribution in [0.3, 0.4) is 0 Å². The van der Waals surface area contributed by atoms with Crippen molar-refractivity contribution in [2.45, 2.75) is 67.9 Å². The monoisotopic (exact) mass is 613 g/mol. The van der Waals surface area contributed by atoms with E-state index in [0.29, 0.717) is 50.7 Å². The number of hydrogen-bond donors (Lipinski definition) is 2. The highest BCUT2D eigenvalue weighted by atomic mass is 32.2. The average Bonchev–Trinajstić information content (AvgIpc) is 2.97. The van der Waals surface area contributed by atoms with Crippen LogP contribution in [0.5, 0.6) is 5.75 Å². The second-order valence-corrected chi connectivity index (χ2v) is 12.0. The van der Waals surface area contributed by atoms with Crippen molar-refractivity contribution in [2.24, 2.45) is 0 Å². The van der Waals surface area contributed by atoms with Gasteiger partial charge in [0.15, 0.2) is 6.23 Å². The standard InChI is InChI=1S/C28H34F3N3O7S/c1-39-22-10-8-19(9-11-22)17-24(26(35)32-21-12-15-40-16-13-21)33-27(36)41-25-7-2-3-14-34(25)42(37,38)23-6-4-5-20(18-23)28(29,30)31/h4-6,8-11,18,21,24-25H,2-3,7,12-17H2,1H3,(H,32,35)(H,33,36)/t24-,25-/m0/s1. The number of alkyl halides is 3. The molecule has 2 fully saturated rings. The zero-order chi connectivity index (χ0) is 30.3. The van der Waals surface area contributed by atoms with Crippen molar-refractivity contribution < 1.29 is 45.4 Å². The first-order valence-electron chi connectivity index (χ1n) is 13.6. The molecule has 0 saturated carbocycles. The number of methoxy groups -OCH3 is 1. The van der Waals surface area contributed by atoms with Gasteiger partial charge in [-0.25, -0.2) is 13.2 Å². The van der Waals surface area contributed by atoms with Crippen LogP contribution in [0.25, 0.3) is 0 Å². The Kier molecular flexibility index (Phi) is 10.3. The van der Waals surface area contributed by atoms with E-state index >= 15 is 0 Å². The Balaban J connectivity index is 1.49. The number of sulfonamides is 1. The number of nitrogens with zero attached hydrogens (tertiary/aromatic N) is 1. The van der Waals surface area contributed by atoms with Gasteiger partial charge in [0.2, 0.25) is 15.9 Å². The molecule has 4 rings (SSSR count). The predicted molar refractivity (Wildman–Crippen MR) is 145 cm³/mol. The Hall–Kier alpha value is -3.36. The zero-order valence-electron chi connectivity index (χ0n) is 23.1. The summed E-state index contributed by atoms with van der Waals surface area (Å²) in [4.78, 5) is 25.8. The molecule has 230 valence electrons. The van der Waals surface area contributed by atoms with Crippen molar-refractivity contribution in [1.29, 1.82) is 0 Å². The van der Waals surface area contributed by atoms with Crippen LogP contribution >= 0.6 is 0 Å². The summed E-state index contributed by atoms with van der Waals surface area (Å²) in [6.45, 7) is 0.957. The van der Waals surface area contributed by atoms with E-state index in [1.807, 2.05) is 0 Å². The molecule has 0 aliphatic carbocycles. The van der Waals surface area contributed by atoms with Gasteiger partial charge in [0, 0.05) is 32.2 Å². The number of halogens is 3. The Morgan fingerprint density at radius 1 is 1.07 bits per heavy atom. The number of nitrogens with one attached hydrogen (secondary N) is 2. The van der Waals surface area contributed by atoms with Crippen molar-refractivity contribution in [3.63, 3.8) is 0 Å². The number of rotatable bonds is 9. The van der Waals surface area contributed by atoms with Gasteiger partial charge in [-0.15, -0.1) is 0 Å². The normalized spacial score (nSPS) is 19.5. The predicted octanol–water partition coefficient (Wildman–Crippen LogP) is 3.85. The molecule has 2 N–H and O–H groups in total. The average molecular weight is 614 g/mol. The third-order valence-corrected chi connectivity index (χ3v) is 9.07. The summed E-state index contributed by atoms with van der Waals surface area (Å²) in [5.41, 5.74) is -0.373. The van der Waals surface area contributed by atoms with Gasteiger partial charge >= 0.3 is 12.3 Å². The molecule has 2 aliphatic heterocycles. The number of amides is 2. The highest BCUT2D eigenvalue weighted by molar-refractivity contribution is 7.89. The summed E-state index contributed by atoms with van der Waals surface area (Å²) in [6, 6.07) is 9.21. The van der Waals surface area contributed by atoms with Gasteiger partial charge < -0.3 is 24.8 Å². The van der Waals surface area contributed by atoms with Gasteiger partial charge in [-0.1, -0.05) is 18.2 Å². The Morgan fingerprint density at radius 2 is 1.79 bits per heavy atom. The lowest BCUT2D eigenvalue weighted by molar-refractivity contribution is -0.137. The van der Waals surface area contributed by atoms with Gasteiger partial charge in [-0.2, -0.15) is 17.5 Å². The van der Waals surface area contributed by atoms with E-state index in [1.165, 1.54) is 7.11 Å². The van der Waals surface area contributed by atoms with Gasteiger partial charge in [0.05, 0.1) is 17.6 Å². The molecule has 2 aromatic rings. The van der Waals surface area contributed by atoms with Crippen molar-refractivity contribution >= 4 is 22.0 Å². The number of carbonyl (C=O) groups is 2. The van der Waals surface area contributed by atoms with Crippen LogP contribution in [0.15, 0.2) is 53.4 Å². The third-order valence-electron chi connectivity index (χ3n) is 7.19. The summed E-state index contributed by atoms with van der Waals surface area (Å²) in [6.07, 6.45) is -4.54. The summed E-state index contributed by atoms with van der Waals surface area (Å²) in [7, 11) is -2.91. The second-order valence-electron chi connectivity index (χ2n) is 10.1. The van der Waals surface area contributed by atoms with Crippen molar-refractivity contribution in [2.75, 3.05) is 26.9 Å². The summed E-state index contributed by atoms with van der Waals surface area (Å²) in [5.74, 6) is 0.181. The van der Waals surface area contributed by atoms with Crippen LogP contribution in [0.2, 0.25) is 0 Å². The maximum atomic E-state index is 13.4. The first-order valence-corrected chi connectivity index (χ1v) is 15.1. The molecule has 2 heterocycles. The Bertz CT molecular complexity index is 1330. The lowest BCUT2D eigenvalue weighted by Crippen LogP contribution is -2.53. The van der Waals surface area contributed by atoms with Crippen molar-refractivity contribution in [3.05, 3.63) is 59.7 Å². The van der Waals surface area contributed by atoms with E-state index in [9.17, 15) is 31.2 Å². The molecule has 42 heavy (non-hydrogen) atoms. The van der Waals surface area contributed by atoms with Crippen LogP contribution in [-0.2, 0) is 36.9 Å². The lowest BCUT2D eigenvalue weighted by Gasteiger charge is -2.34. The summed E-state index contributed by atoms with van der Waals surface area (Å²) >= 11 is 0. The molecule has 2 atom stereocenters. The lowest BCUT2D eigenvalue weighted by atomic mass is 10.0. The van der Waals surface area contributed by atoms with Crippen molar-refractivity contribution in [1.82, 2.24) is 14.9 Å². The van der Waals surface area contributed by atoms with Crippen LogP contribution in [0.1, 0.15) is 43.2 Å². The summed E-state index contributed by atoms with van der Waals surface area (Å²) in [5, 5.41) is 5.50. The van der Waals surface area contributed by atoms with E-state index < -0.39 is 50.9 Å². The minimum atomic E-state index is -4.73. The molecule has 2 aliphatic rings. The first kappa shape index (κ1) is 31.6. The maximum absolute atomic E-state index is 13.4. The van der Waals surface area contributed by atoms with Gasteiger partial charge in [-0.3, -0.25) is 4.79 Å². The van der Waals surface area contributed by atoms with E-state index in [2.05, 4.69) is 10.6 Å². The number of ether oxygens (including phenoxy) is 3. The highest BCUT2D eigenvalue weighted by Gasteiger charge is 2.38. The van der Waals surface area contributed by atoms with Crippen LogP contribution in [-0.4, -0.2) is 69.9 Å². The molecule has 2 aromatic carbocycles. The fourth-order valence-corrected chi connectivity index (χ4v) is 6.51. The minimum absolute atomic E-state index is 0.0456. The van der Waals surface area contributed by atoms with Gasteiger partial charge in [-0.05, 0) is 68.0 Å². The quantitative estimate of drug-likeness (QED) is 0.441. The SMILES string of the molecule is COc1ccc(C[C@H](NC(=O)O[C@H]2CCCCN2S(=O)(=O)c2cccc(C(F)(F)F)c2)C(=O)NC2CCOCC2)cc1. The molecular weight excluding hydrogens is 579 g/mol. The number of alkyl carbamates (subject to hydrolysis) is 1. The molecule has 2 amide bonds. The third kappa shape index (κ3) is 8.13. The van der Waals surface area contributed by atoms with E-state index in [-0.39, 0.29) is 25.4 Å². The second kappa shape index (κ2) is 13.7. The van der Waals surface area contributed by atoms with Crippen molar-refractivity contribution in [3.8, 4) is 5.75 Å². The molecule has 0 spiro atoms. The highest BCUT2D eigenvalue weighted by Crippen LogP contribution is 2.32. The smallest absolute Gasteiger partial charge is 0.416 e. The van der Waals surface area contributed by atoms with E-state index in [1.54, 1.807) is 24.3 Å². The van der Waals surface area contributed by atoms with Crippen LogP contribution in [0.4, 0.5) is 18.0 Å². The van der Waals surface area contributed by atoms with E-state index in [0.717, 1.165) is 28.1 Å². The first-order chi connectivity index (χ1) is 20.0. The van der Waals surface area contributed by atoms with E-state index in [4.69, 9.17) is 14.2 Å². The fourth-order valence-electron chi connectivity index (χ4n) is 4.89. The van der Waals surface area contributed by atoms with Crippen LogP contribution in [0, 0.1) is 0 Å². The minimum Gasteiger partial charge on any atom is -0.497 e. The topological polar surface area (TPSA) is 123 Å². The molecule has 10 nitrogen and oxygen atoms in total.